The van der Waals surface area contributed by atoms with Crippen molar-refractivity contribution >= 4 is 11.9 Å². The molecule has 1 aromatic rings. The van der Waals surface area contributed by atoms with Gasteiger partial charge in [-0.1, -0.05) is 18.2 Å². The summed E-state index contributed by atoms with van der Waals surface area (Å²) in [5, 5.41) is 0. The van der Waals surface area contributed by atoms with Crippen LogP contribution in [0.25, 0.3) is 0 Å². The van der Waals surface area contributed by atoms with Gasteiger partial charge in [0.2, 0.25) is 0 Å². The molecule has 0 N–H and O–H groups in total. The third kappa shape index (κ3) is 1.20. The van der Waals surface area contributed by atoms with Gasteiger partial charge >= 0.3 is 0 Å². The Morgan fingerprint density at radius 1 is 1.33 bits per heavy atom. The van der Waals surface area contributed by atoms with E-state index in [1.807, 2.05) is 12.3 Å². The van der Waals surface area contributed by atoms with Crippen LogP contribution < -0.4 is 4.90 Å². The lowest BCUT2D eigenvalue weighted by atomic mass is 10.2. The number of fused-ring (bicyclic) bond motifs is 1. The maximum atomic E-state index is 4.30. The van der Waals surface area contributed by atoms with E-state index in [9.17, 15) is 0 Å². The third-order valence-electron chi connectivity index (χ3n) is 2.14. The lowest BCUT2D eigenvalue weighted by molar-refractivity contribution is 0.897. The van der Waals surface area contributed by atoms with Crippen LogP contribution in [0.3, 0.4) is 0 Å². The van der Waals surface area contributed by atoms with Crippen LogP contribution in [0.4, 0.5) is 5.69 Å². The fourth-order valence-electron chi connectivity index (χ4n) is 1.44. The van der Waals surface area contributed by atoms with Crippen molar-refractivity contribution in [2.24, 2.45) is 4.99 Å². The molecule has 0 amide bonds. The number of hydrogen-bond donors (Lipinski definition) is 0. The van der Waals surface area contributed by atoms with E-state index in [1.165, 1.54) is 11.3 Å². The van der Waals surface area contributed by atoms with Gasteiger partial charge in [0, 0.05) is 31.1 Å². The zero-order chi connectivity index (χ0) is 8.39. The molecule has 0 spiro atoms. The van der Waals surface area contributed by atoms with Gasteiger partial charge in [-0.25, -0.2) is 0 Å². The molecule has 0 bridgehead atoms. The number of likely N-dealkylation sites (N-methyl/N-ethyl adjacent to an activating group) is 1. The van der Waals surface area contributed by atoms with E-state index < -0.39 is 0 Å². The topological polar surface area (TPSA) is 15.6 Å². The number of aliphatic imine (C=N–C) groups is 1. The van der Waals surface area contributed by atoms with Crippen molar-refractivity contribution in [1.82, 2.24) is 0 Å². The maximum Gasteiger partial charge on any atom is 0.0565 e. The Bertz CT molecular complexity index is 304. The van der Waals surface area contributed by atoms with Gasteiger partial charge in [-0.05, 0) is 6.07 Å². The number of benzodiazepines with no additional fused rings is 1. The molecule has 0 saturated carbocycles. The van der Waals surface area contributed by atoms with E-state index in [-0.39, 0.29) is 0 Å². The molecule has 0 aliphatic carbocycles. The molecular weight excluding hydrogens is 148 g/mol. The molecule has 1 aliphatic rings. The second-order valence-electron chi connectivity index (χ2n) is 3.02. The van der Waals surface area contributed by atoms with Crippen molar-refractivity contribution in [3.63, 3.8) is 0 Å². The molecule has 12 heavy (non-hydrogen) atoms. The Hall–Kier alpha value is -1.31. The molecule has 0 unspecified atom stereocenters. The predicted molar refractivity (Wildman–Crippen MR) is 52.2 cm³/mol. The van der Waals surface area contributed by atoms with E-state index in [2.05, 4.69) is 35.1 Å². The van der Waals surface area contributed by atoms with Crippen LogP contribution in [-0.2, 0) is 0 Å². The summed E-state index contributed by atoms with van der Waals surface area (Å²) in [5.41, 5.74) is 2.50. The van der Waals surface area contributed by atoms with Gasteiger partial charge in [0.25, 0.3) is 0 Å². The largest absolute Gasteiger partial charge is 0.372 e. The maximum absolute atomic E-state index is 4.30. The normalized spacial score (nSPS) is 15.6. The SMILES string of the molecule is CN1CCN=Cc2ccccc21. The fourth-order valence-corrected chi connectivity index (χ4v) is 1.44. The predicted octanol–water partition coefficient (Wildman–Crippen LogP) is 1.56. The van der Waals surface area contributed by atoms with Crippen LogP contribution in [0.2, 0.25) is 0 Å². The van der Waals surface area contributed by atoms with Gasteiger partial charge in [0.05, 0.1) is 6.54 Å². The first kappa shape index (κ1) is 7.35. The zero-order valence-electron chi connectivity index (χ0n) is 7.20. The third-order valence-corrected chi connectivity index (χ3v) is 2.14. The summed E-state index contributed by atoms with van der Waals surface area (Å²) in [4.78, 5) is 6.53. The standard InChI is InChI=1S/C10H12N2/c1-12-7-6-11-8-9-4-2-3-5-10(9)12/h2-5,8H,6-7H2,1H3. The molecule has 0 fully saturated rings. The van der Waals surface area contributed by atoms with Crippen LogP contribution in [0.5, 0.6) is 0 Å². The minimum atomic E-state index is 0.894. The molecule has 2 heteroatoms. The second kappa shape index (κ2) is 2.97. The average molecular weight is 160 g/mol. The van der Waals surface area contributed by atoms with Crippen molar-refractivity contribution in [2.45, 2.75) is 0 Å². The van der Waals surface area contributed by atoms with Crippen molar-refractivity contribution < 1.29 is 0 Å². The summed E-state index contributed by atoms with van der Waals surface area (Å²) >= 11 is 0. The van der Waals surface area contributed by atoms with Gasteiger partial charge < -0.3 is 4.90 Å². The molecule has 62 valence electrons. The quantitative estimate of drug-likeness (QED) is 0.562. The fraction of sp³-hybridized carbons (Fsp3) is 0.300. The zero-order valence-corrected chi connectivity index (χ0v) is 7.20. The van der Waals surface area contributed by atoms with Crippen LogP contribution in [0.1, 0.15) is 5.56 Å². The Labute approximate surface area is 72.5 Å². The summed E-state index contributed by atoms with van der Waals surface area (Å²) in [6.07, 6.45) is 1.96. The Kier molecular flexibility index (Phi) is 1.82. The lowest BCUT2D eigenvalue weighted by Crippen LogP contribution is -2.19. The van der Waals surface area contributed by atoms with E-state index in [4.69, 9.17) is 0 Å². The van der Waals surface area contributed by atoms with Gasteiger partial charge in [-0.15, -0.1) is 0 Å². The number of hydrogen-bond acceptors (Lipinski definition) is 2. The first-order chi connectivity index (χ1) is 5.88. The van der Waals surface area contributed by atoms with E-state index in [0.717, 1.165) is 13.1 Å². The molecule has 0 radical (unpaired) electrons. The van der Waals surface area contributed by atoms with Crippen LogP contribution in [0.15, 0.2) is 29.3 Å². The van der Waals surface area contributed by atoms with Gasteiger partial charge in [0.1, 0.15) is 0 Å². The van der Waals surface area contributed by atoms with E-state index in [1.54, 1.807) is 0 Å². The summed E-state index contributed by atoms with van der Waals surface area (Å²) in [6, 6.07) is 8.34. The highest BCUT2D eigenvalue weighted by Gasteiger charge is 2.06. The summed E-state index contributed by atoms with van der Waals surface area (Å²) in [6.45, 7) is 1.90. The number of para-hydroxylation sites is 1. The average Bonchev–Trinajstić information content (AvgIpc) is 2.29. The molecule has 1 aromatic carbocycles. The molecule has 0 atom stereocenters. The molecule has 1 aliphatic heterocycles. The van der Waals surface area contributed by atoms with Crippen molar-refractivity contribution in [2.75, 3.05) is 25.0 Å². The van der Waals surface area contributed by atoms with Crippen LogP contribution >= 0.6 is 0 Å². The highest BCUT2D eigenvalue weighted by Crippen LogP contribution is 2.18. The molecular formula is C10H12N2. The first-order valence-electron chi connectivity index (χ1n) is 4.18. The molecule has 0 saturated heterocycles. The monoisotopic (exact) mass is 160 g/mol. The molecule has 1 heterocycles. The highest BCUT2D eigenvalue weighted by molar-refractivity contribution is 5.88. The number of nitrogens with zero attached hydrogens (tertiary/aromatic N) is 2. The molecule has 2 rings (SSSR count). The van der Waals surface area contributed by atoms with Crippen molar-refractivity contribution in [1.29, 1.82) is 0 Å². The number of rotatable bonds is 0. The van der Waals surface area contributed by atoms with Crippen LogP contribution in [-0.4, -0.2) is 26.4 Å². The van der Waals surface area contributed by atoms with E-state index in [0.29, 0.717) is 0 Å². The smallest absolute Gasteiger partial charge is 0.0565 e. The summed E-state index contributed by atoms with van der Waals surface area (Å²) in [7, 11) is 2.10. The van der Waals surface area contributed by atoms with Crippen molar-refractivity contribution in [3.8, 4) is 0 Å². The Morgan fingerprint density at radius 2 is 2.17 bits per heavy atom. The number of benzene rings is 1. The van der Waals surface area contributed by atoms with Gasteiger partial charge in [0.15, 0.2) is 0 Å². The lowest BCUT2D eigenvalue weighted by Gasteiger charge is -2.17. The molecule has 2 nitrogen and oxygen atoms in total. The minimum absolute atomic E-state index is 0.894. The van der Waals surface area contributed by atoms with E-state index >= 15 is 0 Å². The minimum Gasteiger partial charge on any atom is -0.372 e. The van der Waals surface area contributed by atoms with Crippen molar-refractivity contribution in [3.05, 3.63) is 29.8 Å². The Balaban J connectivity index is 2.49. The Morgan fingerprint density at radius 3 is 3.08 bits per heavy atom. The second-order valence-corrected chi connectivity index (χ2v) is 3.02. The van der Waals surface area contributed by atoms with Gasteiger partial charge in [-0.2, -0.15) is 0 Å². The summed E-state index contributed by atoms with van der Waals surface area (Å²) in [5.74, 6) is 0. The number of anilines is 1. The van der Waals surface area contributed by atoms with Gasteiger partial charge in [-0.3, -0.25) is 4.99 Å². The summed E-state index contributed by atoms with van der Waals surface area (Å²) < 4.78 is 0. The first-order valence-corrected chi connectivity index (χ1v) is 4.18. The highest BCUT2D eigenvalue weighted by atomic mass is 15.1. The molecule has 0 aromatic heterocycles. The van der Waals surface area contributed by atoms with Crippen LogP contribution in [0, 0.1) is 0 Å².